The number of likely N-dealkylation sites (tertiary alicyclic amines) is 1. The van der Waals surface area contributed by atoms with Crippen LogP contribution >= 0.6 is 0 Å². The van der Waals surface area contributed by atoms with Crippen LogP contribution in [0, 0.1) is 5.41 Å². The summed E-state index contributed by atoms with van der Waals surface area (Å²) < 4.78 is 5.63. The van der Waals surface area contributed by atoms with Crippen LogP contribution < -0.4 is 0 Å². The number of benzene rings is 1. The minimum absolute atomic E-state index is 0.181. The molecule has 1 aliphatic rings. The van der Waals surface area contributed by atoms with E-state index in [4.69, 9.17) is 4.52 Å². The molecule has 0 unspecified atom stereocenters. The zero-order valence-corrected chi connectivity index (χ0v) is 16.2. The van der Waals surface area contributed by atoms with Gasteiger partial charge in [-0.15, -0.1) is 0 Å². The predicted molar refractivity (Wildman–Crippen MR) is 103 cm³/mol. The van der Waals surface area contributed by atoms with Crippen molar-refractivity contribution in [3.05, 3.63) is 42.2 Å². The standard InChI is InChI=1S/C21H29N3O2/c1-16(2)24-12-8-11-21(15-24,20(25)23(3)4)14-18-13-19(22-26-18)17-9-6-5-7-10-17/h5-7,9-10,13,16H,8,11-12,14-15H2,1-4H3/t21-/m1/s1. The van der Waals surface area contributed by atoms with E-state index < -0.39 is 5.41 Å². The van der Waals surface area contributed by atoms with Gasteiger partial charge in [0, 0.05) is 44.7 Å². The Bertz CT molecular complexity index is 739. The molecule has 0 bridgehead atoms. The monoisotopic (exact) mass is 355 g/mol. The summed E-state index contributed by atoms with van der Waals surface area (Å²) in [6, 6.07) is 12.4. The van der Waals surface area contributed by atoms with Gasteiger partial charge in [-0.05, 0) is 33.2 Å². The highest BCUT2D eigenvalue weighted by Crippen LogP contribution is 2.37. The lowest BCUT2D eigenvalue weighted by Crippen LogP contribution is -2.54. The van der Waals surface area contributed by atoms with Crippen molar-refractivity contribution in [3.63, 3.8) is 0 Å². The molecule has 140 valence electrons. The molecule has 0 spiro atoms. The Morgan fingerprint density at radius 1 is 1.31 bits per heavy atom. The van der Waals surface area contributed by atoms with Gasteiger partial charge in [0.05, 0.1) is 5.41 Å². The van der Waals surface area contributed by atoms with Crippen LogP contribution in [0.5, 0.6) is 0 Å². The molecule has 2 aromatic rings. The number of hydrogen-bond acceptors (Lipinski definition) is 4. The Morgan fingerprint density at radius 3 is 2.69 bits per heavy atom. The average molecular weight is 355 g/mol. The highest BCUT2D eigenvalue weighted by atomic mass is 16.5. The Balaban J connectivity index is 1.87. The first-order valence-electron chi connectivity index (χ1n) is 9.38. The summed E-state index contributed by atoms with van der Waals surface area (Å²) >= 11 is 0. The number of nitrogens with zero attached hydrogens (tertiary/aromatic N) is 3. The third kappa shape index (κ3) is 3.83. The molecule has 5 nitrogen and oxygen atoms in total. The molecule has 1 aromatic heterocycles. The van der Waals surface area contributed by atoms with E-state index in [2.05, 4.69) is 23.9 Å². The molecule has 0 N–H and O–H groups in total. The summed E-state index contributed by atoms with van der Waals surface area (Å²) in [6.45, 7) is 6.20. The number of carbonyl (C=O) groups is 1. The lowest BCUT2D eigenvalue weighted by atomic mass is 9.74. The van der Waals surface area contributed by atoms with E-state index in [1.807, 2.05) is 50.5 Å². The Kier molecular flexibility index (Phi) is 5.47. The summed E-state index contributed by atoms with van der Waals surface area (Å²) in [5.41, 5.74) is 1.41. The van der Waals surface area contributed by atoms with Gasteiger partial charge in [0.1, 0.15) is 11.5 Å². The second-order valence-corrected chi connectivity index (χ2v) is 7.87. The summed E-state index contributed by atoms with van der Waals surface area (Å²) in [5.74, 6) is 0.963. The molecule has 1 aliphatic heterocycles. The van der Waals surface area contributed by atoms with Gasteiger partial charge in [0.25, 0.3) is 0 Å². The molecule has 5 heteroatoms. The zero-order chi connectivity index (χ0) is 18.7. The maximum Gasteiger partial charge on any atom is 0.230 e. The maximum absolute atomic E-state index is 13.1. The minimum atomic E-state index is -0.445. The van der Waals surface area contributed by atoms with E-state index in [-0.39, 0.29) is 5.91 Å². The van der Waals surface area contributed by atoms with Gasteiger partial charge in [-0.25, -0.2) is 0 Å². The Labute approximate surface area is 156 Å². The van der Waals surface area contributed by atoms with E-state index in [1.165, 1.54) is 0 Å². The van der Waals surface area contributed by atoms with Gasteiger partial charge in [0.15, 0.2) is 0 Å². The number of piperidine rings is 1. The largest absolute Gasteiger partial charge is 0.361 e. The fourth-order valence-corrected chi connectivity index (χ4v) is 3.95. The molecule has 0 radical (unpaired) electrons. The first kappa shape index (κ1) is 18.6. The first-order chi connectivity index (χ1) is 12.4. The van der Waals surface area contributed by atoms with Crippen LogP contribution in [0.4, 0.5) is 0 Å². The lowest BCUT2D eigenvalue weighted by molar-refractivity contribution is -0.143. The van der Waals surface area contributed by atoms with Crippen LogP contribution in [0.2, 0.25) is 0 Å². The molecular formula is C21H29N3O2. The summed E-state index contributed by atoms with van der Waals surface area (Å²) in [7, 11) is 3.68. The van der Waals surface area contributed by atoms with Crippen molar-refractivity contribution in [2.75, 3.05) is 27.2 Å². The lowest BCUT2D eigenvalue weighted by Gasteiger charge is -2.44. The molecule has 1 saturated heterocycles. The Morgan fingerprint density at radius 2 is 2.04 bits per heavy atom. The normalized spacial score (nSPS) is 21.1. The van der Waals surface area contributed by atoms with Crippen molar-refractivity contribution in [3.8, 4) is 11.3 Å². The van der Waals surface area contributed by atoms with Gasteiger partial charge in [-0.2, -0.15) is 0 Å². The molecule has 1 fully saturated rings. The van der Waals surface area contributed by atoms with Crippen LogP contribution in [0.3, 0.4) is 0 Å². The maximum atomic E-state index is 13.1. The van der Waals surface area contributed by atoms with Gasteiger partial charge < -0.3 is 9.42 Å². The van der Waals surface area contributed by atoms with Crippen LogP contribution in [0.1, 0.15) is 32.4 Å². The second kappa shape index (κ2) is 7.62. The predicted octanol–water partition coefficient (Wildman–Crippen LogP) is 3.46. The fraction of sp³-hybridized carbons (Fsp3) is 0.524. The third-order valence-corrected chi connectivity index (χ3v) is 5.34. The molecule has 26 heavy (non-hydrogen) atoms. The minimum Gasteiger partial charge on any atom is -0.361 e. The second-order valence-electron chi connectivity index (χ2n) is 7.87. The van der Waals surface area contributed by atoms with Gasteiger partial charge in [-0.1, -0.05) is 35.5 Å². The highest BCUT2D eigenvalue weighted by Gasteiger charge is 2.44. The number of carbonyl (C=O) groups excluding carboxylic acids is 1. The summed E-state index contributed by atoms with van der Waals surface area (Å²) in [6.07, 6.45) is 2.50. The molecular weight excluding hydrogens is 326 g/mol. The van der Waals surface area contributed by atoms with Gasteiger partial charge in [0.2, 0.25) is 5.91 Å². The van der Waals surface area contributed by atoms with Crippen molar-refractivity contribution in [2.24, 2.45) is 5.41 Å². The number of amides is 1. The molecule has 1 amide bonds. The van der Waals surface area contributed by atoms with Crippen molar-refractivity contribution in [1.82, 2.24) is 15.0 Å². The average Bonchev–Trinajstić information content (AvgIpc) is 3.10. The van der Waals surface area contributed by atoms with Crippen molar-refractivity contribution >= 4 is 5.91 Å². The van der Waals surface area contributed by atoms with Crippen molar-refractivity contribution in [1.29, 1.82) is 0 Å². The van der Waals surface area contributed by atoms with Crippen LogP contribution in [-0.2, 0) is 11.2 Å². The van der Waals surface area contributed by atoms with Crippen LogP contribution in [0.15, 0.2) is 40.9 Å². The fourth-order valence-electron chi connectivity index (χ4n) is 3.95. The summed E-state index contributed by atoms with van der Waals surface area (Å²) in [4.78, 5) is 17.2. The quantitative estimate of drug-likeness (QED) is 0.824. The number of rotatable bonds is 5. The molecule has 2 heterocycles. The Hall–Kier alpha value is -2.14. The van der Waals surface area contributed by atoms with E-state index in [1.54, 1.807) is 4.90 Å². The van der Waals surface area contributed by atoms with Crippen LogP contribution in [-0.4, -0.2) is 54.1 Å². The van der Waals surface area contributed by atoms with Crippen LogP contribution in [0.25, 0.3) is 11.3 Å². The van der Waals surface area contributed by atoms with E-state index in [0.29, 0.717) is 12.5 Å². The molecule has 0 aliphatic carbocycles. The van der Waals surface area contributed by atoms with E-state index >= 15 is 0 Å². The number of aromatic nitrogens is 1. The zero-order valence-electron chi connectivity index (χ0n) is 16.2. The molecule has 1 aromatic carbocycles. The summed E-state index contributed by atoms with van der Waals surface area (Å²) in [5, 5.41) is 4.23. The van der Waals surface area contributed by atoms with Crippen molar-refractivity contribution in [2.45, 2.75) is 39.2 Å². The van der Waals surface area contributed by atoms with Crippen molar-refractivity contribution < 1.29 is 9.32 Å². The SMILES string of the molecule is CC(C)N1CCC[C@](Cc2cc(-c3ccccc3)no2)(C(=O)N(C)C)C1. The first-order valence-corrected chi connectivity index (χ1v) is 9.38. The smallest absolute Gasteiger partial charge is 0.230 e. The topological polar surface area (TPSA) is 49.6 Å². The van der Waals surface area contributed by atoms with Gasteiger partial charge in [-0.3, -0.25) is 9.69 Å². The van der Waals surface area contributed by atoms with E-state index in [0.717, 1.165) is 42.9 Å². The molecule has 3 rings (SSSR count). The third-order valence-electron chi connectivity index (χ3n) is 5.34. The molecule has 1 atom stereocenters. The number of hydrogen-bond donors (Lipinski definition) is 0. The van der Waals surface area contributed by atoms with E-state index in [9.17, 15) is 4.79 Å². The highest BCUT2D eigenvalue weighted by molar-refractivity contribution is 5.83. The van der Waals surface area contributed by atoms with Gasteiger partial charge >= 0.3 is 0 Å². The molecule has 0 saturated carbocycles.